The van der Waals surface area contributed by atoms with E-state index in [1.807, 2.05) is 11.8 Å². The van der Waals surface area contributed by atoms with Crippen LogP contribution in [0.1, 0.15) is 38.7 Å². The van der Waals surface area contributed by atoms with E-state index in [2.05, 4.69) is 53.3 Å². The standard InChI is InChI=1S/C14H22BrNS/c1-3-5-6-9-17-14-10-13(15)8-7-12(14)11-16-4-2/h7-8,10,16H,3-6,9,11H2,1-2H3. The summed E-state index contributed by atoms with van der Waals surface area (Å²) in [4.78, 5) is 1.41. The summed E-state index contributed by atoms with van der Waals surface area (Å²) in [5.41, 5.74) is 1.41. The number of rotatable bonds is 8. The lowest BCUT2D eigenvalue weighted by atomic mass is 10.2. The van der Waals surface area contributed by atoms with Gasteiger partial charge in [-0.25, -0.2) is 0 Å². The van der Waals surface area contributed by atoms with Gasteiger partial charge in [-0.1, -0.05) is 48.7 Å². The Morgan fingerprint density at radius 3 is 2.76 bits per heavy atom. The molecule has 0 heterocycles. The van der Waals surface area contributed by atoms with Gasteiger partial charge in [0.25, 0.3) is 0 Å². The molecule has 0 aromatic heterocycles. The van der Waals surface area contributed by atoms with Crippen LogP contribution in [0.4, 0.5) is 0 Å². The normalized spacial score (nSPS) is 10.8. The average Bonchev–Trinajstić information content (AvgIpc) is 2.33. The average molecular weight is 316 g/mol. The van der Waals surface area contributed by atoms with Crippen LogP contribution in [0.15, 0.2) is 27.6 Å². The first-order valence-corrected chi connectivity index (χ1v) is 8.17. The predicted molar refractivity (Wildman–Crippen MR) is 81.8 cm³/mol. The maximum atomic E-state index is 3.55. The largest absolute Gasteiger partial charge is 0.313 e. The van der Waals surface area contributed by atoms with Crippen LogP contribution in [0.5, 0.6) is 0 Å². The fourth-order valence-electron chi connectivity index (χ4n) is 1.60. The molecule has 0 bridgehead atoms. The molecule has 1 nitrogen and oxygen atoms in total. The molecule has 0 aliphatic rings. The van der Waals surface area contributed by atoms with E-state index in [0.29, 0.717) is 0 Å². The van der Waals surface area contributed by atoms with Gasteiger partial charge in [0.1, 0.15) is 0 Å². The summed E-state index contributed by atoms with van der Waals surface area (Å²) in [6.45, 7) is 6.39. The summed E-state index contributed by atoms with van der Waals surface area (Å²) >= 11 is 5.53. The third-order valence-electron chi connectivity index (χ3n) is 2.60. The van der Waals surface area contributed by atoms with E-state index >= 15 is 0 Å². The SMILES string of the molecule is CCCCCSc1cc(Br)ccc1CNCC. The van der Waals surface area contributed by atoms with Gasteiger partial charge in [0, 0.05) is 15.9 Å². The fraction of sp³-hybridized carbons (Fsp3) is 0.571. The van der Waals surface area contributed by atoms with Crippen LogP contribution in [-0.4, -0.2) is 12.3 Å². The Bertz CT molecular complexity index is 328. The molecule has 1 aromatic rings. The Morgan fingerprint density at radius 1 is 1.24 bits per heavy atom. The lowest BCUT2D eigenvalue weighted by Crippen LogP contribution is -2.12. The molecule has 0 saturated carbocycles. The van der Waals surface area contributed by atoms with Gasteiger partial charge in [0.2, 0.25) is 0 Å². The minimum absolute atomic E-state index is 0.972. The quantitative estimate of drug-likeness (QED) is 0.544. The number of hydrogen-bond acceptors (Lipinski definition) is 2. The van der Waals surface area contributed by atoms with Crippen molar-refractivity contribution in [3.8, 4) is 0 Å². The molecule has 1 N–H and O–H groups in total. The topological polar surface area (TPSA) is 12.0 Å². The molecule has 3 heteroatoms. The van der Waals surface area contributed by atoms with Crippen LogP contribution in [0.25, 0.3) is 0 Å². The van der Waals surface area contributed by atoms with Crippen molar-refractivity contribution in [2.24, 2.45) is 0 Å². The van der Waals surface area contributed by atoms with E-state index in [0.717, 1.165) is 13.1 Å². The highest BCUT2D eigenvalue weighted by Gasteiger charge is 2.03. The molecular formula is C14H22BrNS. The molecule has 0 fully saturated rings. The third kappa shape index (κ3) is 5.94. The molecule has 0 atom stereocenters. The van der Waals surface area contributed by atoms with Crippen molar-refractivity contribution in [3.63, 3.8) is 0 Å². The van der Waals surface area contributed by atoms with E-state index in [4.69, 9.17) is 0 Å². The number of hydrogen-bond donors (Lipinski definition) is 1. The van der Waals surface area contributed by atoms with Gasteiger partial charge in [-0.05, 0) is 36.4 Å². The summed E-state index contributed by atoms with van der Waals surface area (Å²) in [7, 11) is 0. The molecule has 0 aliphatic heterocycles. The smallest absolute Gasteiger partial charge is 0.0216 e. The highest BCUT2D eigenvalue weighted by molar-refractivity contribution is 9.10. The molecule has 0 spiro atoms. The van der Waals surface area contributed by atoms with Crippen LogP contribution >= 0.6 is 27.7 Å². The Morgan fingerprint density at radius 2 is 2.06 bits per heavy atom. The van der Waals surface area contributed by atoms with Crippen molar-refractivity contribution < 1.29 is 0 Å². The molecule has 0 aliphatic carbocycles. The zero-order chi connectivity index (χ0) is 12.5. The van der Waals surface area contributed by atoms with Gasteiger partial charge in [-0.2, -0.15) is 0 Å². The summed E-state index contributed by atoms with van der Waals surface area (Å²) in [6.07, 6.45) is 3.95. The number of halogens is 1. The number of benzene rings is 1. The summed E-state index contributed by atoms with van der Waals surface area (Å²) in [5, 5.41) is 3.40. The lowest BCUT2D eigenvalue weighted by molar-refractivity contribution is 0.717. The number of thioether (sulfide) groups is 1. The molecule has 0 saturated heterocycles. The minimum atomic E-state index is 0.972. The van der Waals surface area contributed by atoms with Crippen molar-refractivity contribution in [2.45, 2.75) is 44.6 Å². The molecule has 1 aromatic carbocycles. The molecule has 0 amide bonds. The highest BCUT2D eigenvalue weighted by atomic mass is 79.9. The lowest BCUT2D eigenvalue weighted by Gasteiger charge is -2.10. The van der Waals surface area contributed by atoms with Gasteiger partial charge < -0.3 is 5.32 Å². The minimum Gasteiger partial charge on any atom is -0.313 e. The maximum Gasteiger partial charge on any atom is 0.0216 e. The zero-order valence-electron chi connectivity index (χ0n) is 10.8. The maximum absolute atomic E-state index is 3.55. The number of nitrogens with one attached hydrogen (secondary N) is 1. The van der Waals surface area contributed by atoms with Gasteiger partial charge in [0.15, 0.2) is 0 Å². The van der Waals surface area contributed by atoms with Crippen LogP contribution in [-0.2, 0) is 6.54 Å². The molecule has 1 rings (SSSR count). The molecule has 96 valence electrons. The van der Waals surface area contributed by atoms with Gasteiger partial charge in [-0.3, -0.25) is 0 Å². The van der Waals surface area contributed by atoms with Crippen LogP contribution in [0.2, 0.25) is 0 Å². The fourth-order valence-corrected chi connectivity index (χ4v) is 3.22. The third-order valence-corrected chi connectivity index (χ3v) is 4.28. The van der Waals surface area contributed by atoms with Crippen molar-refractivity contribution in [3.05, 3.63) is 28.2 Å². The Hall–Kier alpha value is 0.01000. The van der Waals surface area contributed by atoms with Crippen LogP contribution < -0.4 is 5.32 Å². The summed E-state index contributed by atoms with van der Waals surface area (Å²) < 4.78 is 1.18. The molecule has 0 radical (unpaired) electrons. The van der Waals surface area contributed by atoms with Crippen molar-refractivity contribution in [1.29, 1.82) is 0 Å². The second-order valence-electron chi connectivity index (χ2n) is 4.09. The predicted octanol–water partition coefficient (Wildman–Crippen LogP) is 4.84. The van der Waals surface area contributed by atoms with Crippen LogP contribution in [0, 0.1) is 0 Å². The Kier molecular flexibility index (Phi) is 7.99. The number of unbranched alkanes of at least 4 members (excludes halogenated alkanes) is 2. The second-order valence-corrected chi connectivity index (χ2v) is 6.14. The highest BCUT2D eigenvalue weighted by Crippen LogP contribution is 2.27. The monoisotopic (exact) mass is 315 g/mol. The van der Waals surface area contributed by atoms with E-state index < -0.39 is 0 Å². The first-order chi connectivity index (χ1) is 8.27. The van der Waals surface area contributed by atoms with Crippen molar-refractivity contribution in [1.82, 2.24) is 5.32 Å². The zero-order valence-corrected chi connectivity index (χ0v) is 13.2. The van der Waals surface area contributed by atoms with E-state index in [1.54, 1.807) is 0 Å². The van der Waals surface area contributed by atoms with Gasteiger partial charge in [0.05, 0.1) is 0 Å². The first-order valence-electron chi connectivity index (χ1n) is 6.39. The summed E-state index contributed by atoms with van der Waals surface area (Å²) in [5.74, 6) is 1.23. The van der Waals surface area contributed by atoms with E-state index in [-0.39, 0.29) is 0 Å². The molecule has 17 heavy (non-hydrogen) atoms. The van der Waals surface area contributed by atoms with Crippen LogP contribution in [0.3, 0.4) is 0 Å². The van der Waals surface area contributed by atoms with Gasteiger partial charge in [-0.15, -0.1) is 11.8 Å². The van der Waals surface area contributed by atoms with Crippen molar-refractivity contribution in [2.75, 3.05) is 12.3 Å². The second kappa shape index (κ2) is 9.01. The Balaban J connectivity index is 2.56. The van der Waals surface area contributed by atoms with Gasteiger partial charge >= 0.3 is 0 Å². The van der Waals surface area contributed by atoms with E-state index in [9.17, 15) is 0 Å². The molecule has 0 unspecified atom stereocenters. The first kappa shape index (κ1) is 15.1. The van der Waals surface area contributed by atoms with E-state index in [1.165, 1.54) is 39.9 Å². The Labute approximate surface area is 118 Å². The van der Waals surface area contributed by atoms with Crippen molar-refractivity contribution >= 4 is 27.7 Å². The summed E-state index contributed by atoms with van der Waals surface area (Å²) in [6, 6.07) is 6.58. The molecular weight excluding hydrogens is 294 g/mol.